The van der Waals surface area contributed by atoms with Crippen molar-refractivity contribution >= 4 is 11.6 Å². The summed E-state index contributed by atoms with van der Waals surface area (Å²) in [6.07, 6.45) is 5.40. The van der Waals surface area contributed by atoms with E-state index in [1.807, 2.05) is 42.5 Å². The minimum atomic E-state index is -0.171. The zero-order valence-corrected chi connectivity index (χ0v) is 15.8. The van der Waals surface area contributed by atoms with Crippen molar-refractivity contribution in [3.05, 3.63) is 54.1 Å². The minimum absolute atomic E-state index is 0.171. The van der Waals surface area contributed by atoms with Crippen LogP contribution in [0.2, 0.25) is 0 Å². The topological polar surface area (TPSA) is 47.6 Å². The fraction of sp³-hybridized carbons (Fsp3) is 0.409. The Balaban J connectivity index is 1.94. The van der Waals surface area contributed by atoms with E-state index in [9.17, 15) is 4.79 Å². The van der Waals surface area contributed by atoms with Crippen LogP contribution in [-0.4, -0.2) is 19.1 Å². The number of rotatable bonds is 11. The van der Waals surface area contributed by atoms with Gasteiger partial charge in [-0.1, -0.05) is 45.2 Å². The van der Waals surface area contributed by atoms with Gasteiger partial charge in [-0.3, -0.25) is 4.79 Å². The number of ether oxygens (including phenoxy) is 2. The first kappa shape index (κ1) is 19.8. The Morgan fingerprint density at radius 3 is 2.27 bits per heavy atom. The first-order valence-electron chi connectivity index (χ1n) is 9.50. The van der Waals surface area contributed by atoms with Gasteiger partial charge in [0.05, 0.1) is 18.8 Å². The summed E-state index contributed by atoms with van der Waals surface area (Å²) in [5.41, 5.74) is 1.28. The molecule has 26 heavy (non-hydrogen) atoms. The number of carbonyl (C=O) groups excluding carboxylic acids is 1. The van der Waals surface area contributed by atoms with Gasteiger partial charge in [0.25, 0.3) is 5.91 Å². The van der Waals surface area contributed by atoms with E-state index < -0.39 is 0 Å². The predicted molar refractivity (Wildman–Crippen MR) is 106 cm³/mol. The van der Waals surface area contributed by atoms with Gasteiger partial charge >= 0.3 is 0 Å². The molecule has 0 atom stereocenters. The number of unbranched alkanes of at least 4 members (excludes halogenated alkanes) is 3. The highest BCUT2D eigenvalue weighted by Crippen LogP contribution is 2.21. The van der Waals surface area contributed by atoms with Crippen molar-refractivity contribution in [3.8, 4) is 11.5 Å². The Hall–Kier alpha value is -2.49. The van der Waals surface area contributed by atoms with Gasteiger partial charge in [-0.2, -0.15) is 0 Å². The number of nitrogens with one attached hydrogen (secondary N) is 1. The van der Waals surface area contributed by atoms with Gasteiger partial charge in [-0.15, -0.1) is 0 Å². The summed E-state index contributed by atoms with van der Waals surface area (Å²) in [5, 5.41) is 2.92. The Bertz CT molecular complexity index is 667. The van der Waals surface area contributed by atoms with Crippen LogP contribution in [0.15, 0.2) is 48.5 Å². The largest absolute Gasteiger partial charge is 0.494 e. The smallest absolute Gasteiger partial charge is 0.259 e. The lowest BCUT2D eigenvalue weighted by molar-refractivity contribution is 0.102. The predicted octanol–water partition coefficient (Wildman–Crippen LogP) is 5.69. The molecule has 0 aliphatic rings. The van der Waals surface area contributed by atoms with E-state index in [1.165, 1.54) is 0 Å². The van der Waals surface area contributed by atoms with E-state index in [2.05, 4.69) is 19.2 Å². The van der Waals surface area contributed by atoms with Gasteiger partial charge in [-0.05, 0) is 49.2 Å². The lowest BCUT2D eigenvalue weighted by atomic mass is 10.1. The van der Waals surface area contributed by atoms with Crippen LogP contribution in [-0.2, 0) is 0 Å². The number of para-hydroxylation sites is 1. The maximum atomic E-state index is 12.6. The van der Waals surface area contributed by atoms with E-state index in [0.29, 0.717) is 24.5 Å². The summed E-state index contributed by atoms with van der Waals surface area (Å²) in [7, 11) is 0. The van der Waals surface area contributed by atoms with Crippen molar-refractivity contribution in [2.75, 3.05) is 18.5 Å². The van der Waals surface area contributed by atoms with Crippen molar-refractivity contribution in [3.63, 3.8) is 0 Å². The fourth-order valence-electron chi connectivity index (χ4n) is 2.48. The standard InChI is InChI=1S/C22H29NO3/c1-3-5-9-17-26-21-11-8-7-10-20(21)22(24)23-18-12-14-19(15-13-18)25-16-6-4-2/h7-8,10-15H,3-6,9,16-17H2,1-2H3,(H,23,24). The van der Waals surface area contributed by atoms with Crippen LogP contribution < -0.4 is 14.8 Å². The molecule has 0 fully saturated rings. The van der Waals surface area contributed by atoms with Gasteiger partial charge in [-0.25, -0.2) is 0 Å². The van der Waals surface area contributed by atoms with E-state index >= 15 is 0 Å². The molecule has 2 rings (SSSR count). The molecule has 1 N–H and O–H groups in total. The molecule has 0 unspecified atom stereocenters. The fourth-order valence-corrected chi connectivity index (χ4v) is 2.48. The lowest BCUT2D eigenvalue weighted by Crippen LogP contribution is -2.14. The summed E-state index contributed by atoms with van der Waals surface area (Å²) >= 11 is 0. The number of benzene rings is 2. The average molecular weight is 355 g/mol. The third-order valence-corrected chi connectivity index (χ3v) is 4.02. The van der Waals surface area contributed by atoms with Crippen LogP contribution in [0.4, 0.5) is 5.69 Å². The number of anilines is 1. The number of amides is 1. The second-order valence-corrected chi connectivity index (χ2v) is 6.23. The Morgan fingerprint density at radius 1 is 0.846 bits per heavy atom. The van der Waals surface area contributed by atoms with E-state index in [-0.39, 0.29) is 5.91 Å². The van der Waals surface area contributed by atoms with Crippen molar-refractivity contribution in [1.82, 2.24) is 0 Å². The molecule has 0 bridgehead atoms. The molecular formula is C22H29NO3. The maximum absolute atomic E-state index is 12.6. The molecule has 4 heteroatoms. The zero-order chi connectivity index (χ0) is 18.6. The normalized spacial score (nSPS) is 10.4. The second-order valence-electron chi connectivity index (χ2n) is 6.23. The zero-order valence-electron chi connectivity index (χ0n) is 15.8. The third kappa shape index (κ3) is 6.43. The molecule has 2 aromatic carbocycles. The molecular weight excluding hydrogens is 326 g/mol. The SMILES string of the molecule is CCCCCOc1ccccc1C(=O)Nc1ccc(OCCCC)cc1. The van der Waals surface area contributed by atoms with E-state index in [1.54, 1.807) is 6.07 Å². The number of hydrogen-bond donors (Lipinski definition) is 1. The van der Waals surface area contributed by atoms with Crippen LogP contribution in [0, 0.1) is 0 Å². The van der Waals surface area contributed by atoms with Gasteiger partial charge < -0.3 is 14.8 Å². The van der Waals surface area contributed by atoms with E-state index in [4.69, 9.17) is 9.47 Å². The minimum Gasteiger partial charge on any atom is -0.494 e. The van der Waals surface area contributed by atoms with Gasteiger partial charge in [0.1, 0.15) is 11.5 Å². The molecule has 0 aliphatic carbocycles. The first-order valence-corrected chi connectivity index (χ1v) is 9.50. The summed E-state index contributed by atoms with van der Waals surface area (Å²) in [4.78, 5) is 12.6. The lowest BCUT2D eigenvalue weighted by Gasteiger charge is -2.12. The van der Waals surface area contributed by atoms with Crippen LogP contribution in [0.1, 0.15) is 56.3 Å². The molecule has 4 nitrogen and oxygen atoms in total. The van der Waals surface area contributed by atoms with Crippen LogP contribution in [0.3, 0.4) is 0 Å². The van der Waals surface area contributed by atoms with Crippen molar-refractivity contribution in [2.45, 2.75) is 46.0 Å². The Morgan fingerprint density at radius 2 is 1.54 bits per heavy atom. The molecule has 2 aromatic rings. The molecule has 0 saturated heterocycles. The highest BCUT2D eigenvalue weighted by atomic mass is 16.5. The van der Waals surface area contributed by atoms with Crippen LogP contribution in [0.5, 0.6) is 11.5 Å². The monoisotopic (exact) mass is 355 g/mol. The Labute approximate surface area is 156 Å². The van der Waals surface area contributed by atoms with Gasteiger partial charge in [0, 0.05) is 5.69 Å². The van der Waals surface area contributed by atoms with Crippen LogP contribution in [0.25, 0.3) is 0 Å². The highest BCUT2D eigenvalue weighted by Gasteiger charge is 2.12. The highest BCUT2D eigenvalue weighted by molar-refractivity contribution is 6.06. The molecule has 0 saturated carbocycles. The summed E-state index contributed by atoms with van der Waals surface area (Å²) in [5.74, 6) is 1.27. The molecule has 0 heterocycles. The molecule has 0 aromatic heterocycles. The molecule has 0 spiro atoms. The van der Waals surface area contributed by atoms with Crippen molar-refractivity contribution in [1.29, 1.82) is 0 Å². The maximum Gasteiger partial charge on any atom is 0.259 e. The number of hydrogen-bond acceptors (Lipinski definition) is 3. The van der Waals surface area contributed by atoms with Gasteiger partial charge in [0.2, 0.25) is 0 Å². The molecule has 1 amide bonds. The molecule has 0 radical (unpaired) electrons. The van der Waals surface area contributed by atoms with E-state index in [0.717, 1.165) is 43.5 Å². The summed E-state index contributed by atoms with van der Waals surface area (Å²) in [6.45, 7) is 5.63. The molecule has 0 aliphatic heterocycles. The van der Waals surface area contributed by atoms with Crippen molar-refractivity contribution < 1.29 is 14.3 Å². The summed E-state index contributed by atoms with van der Waals surface area (Å²) in [6, 6.07) is 14.8. The number of carbonyl (C=O) groups is 1. The quantitative estimate of drug-likeness (QED) is 0.527. The van der Waals surface area contributed by atoms with Crippen molar-refractivity contribution in [2.24, 2.45) is 0 Å². The third-order valence-electron chi connectivity index (χ3n) is 4.02. The summed E-state index contributed by atoms with van der Waals surface area (Å²) < 4.78 is 11.4. The first-order chi connectivity index (χ1) is 12.7. The van der Waals surface area contributed by atoms with Gasteiger partial charge in [0.15, 0.2) is 0 Å². The van der Waals surface area contributed by atoms with Crippen LogP contribution >= 0.6 is 0 Å². The second kappa shape index (κ2) is 11.2. The molecule has 140 valence electrons. The Kier molecular flexibility index (Phi) is 8.53. The average Bonchev–Trinajstić information content (AvgIpc) is 2.67.